The van der Waals surface area contributed by atoms with E-state index in [9.17, 15) is 9.18 Å². The molecule has 2 aromatic carbocycles. The van der Waals surface area contributed by atoms with Gasteiger partial charge in [0.25, 0.3) is 5.91 Å². The number of amides is 1. The van der Waals surface area contributed by atoms with Crippen molar-refractivity contribution in [1.29, 1.82) is 0 Å². The van der Waals surface area contributed by atoms with Gasteiger partial charge in [-0.15, -0.1) is 0 Å². The molecule has 1 aliphatic heterocycles. The monoisotopic (exact) mass is 418 g/mol. The third-order valence-electron chi connectivity index (χ3n) is 5.75. The number of hydrogen-bond acceptors (Lipinski definition) is 3. The van der Waals surface area contributed by atoms with E-state index >= 15 is 0 Å². The van der Waals surface area contributed by atoms with Gasteiger partial charge in [-0.05, 0) is 48.9 Å². The second kappa shape index (κ2) is 10.2. The van der Waals surface area contributed by atoms with Crippen molar-refractivity contribution in [3.05, 3.63) is 95.4 Å². The van der Waals surface area contributed by atoms with E-state index in [1.807, 2.05) is 41.3 Å². The van der Waals surface area contributed by atoms with Crippen molar-refractivity contribution in [2.45, 2.75) is 25.7 Å². The lowest BCUT2D eigenvalue weighted by Gasteiger charge is -2.33. The van der Waals surface area contributed by atoms with Gasteiger partial charge < -0.3 is 9.64 Å². The standard InChI is InChI=1S/C26H27FN2O2/c27-23-14-15-25(28-17-23)31-19-21-9-6-16-29(18-21)26(30)24-11-5-4-10-22(24)13-12-20-7-2-1-3-8-20/h1-5,7-8,10-11,14-15,17,21H,6,9,12-13,16,18-19H2. The van der Waals surface area contributed by atoms with Crippen LogP contribution in [0.25, 0.3) is 0 Å². The number of ether oxygens (including phenoxy) is 1. The highest BCUT2D eigenvalue weighted by atomic mass is 19.1. The van der Waals surface area contributed by atoms with E-state index in [4.69, 9.17) is 4.74 Å². The fourth-order valence-electron chi connectivity index (χ4n) is 4.08. The predicted octanol–water partition coefficient (Wildman–Crippen LogP) is 4.94. The van der Waals surface area contributed by atoms with Crippen molar-refractivity contribution < 1.29 is 13.9 Å². The van der Waals surface area contributed by atoms with Gasteiger partial charge in [-0.1, -0.05) is 48.5 Å². The van der Waals surface area contributed by atoms with E-state index in [1.165, 1.54) is 17.7 Å². The van der Waals surface area contributed by atoms with Crippen molar-refractivity contribution in [1.82, 2.24) is 9.88 Å². The molecule has 1 aliphatic rings. The van der Waals surface area contributed by atoms with Gasteiger partial charge in [0.15, 0.2) is 0 Å². The van der Waals surface area contributed by atoms with E-state index in [0.29, 0.717) is 19.0 Å². The number of carbonyl (C=O) groups is 1. The minimum atomic E-state index is -0.382. The Morgan fingerprint density at radius 1 is 1.03 bits per heavy atom. The molecule has 0 aliphatic carbocycles. The summed E-state index contributed by atoms with van der Waals surface area (Å²) in [6.45, 7) is 1.89. The molecular weight excluding hydrogens is 391 g/mol. The third kappa shape index (κ3) is 5.69. The van der Waals surface area contributed by atoms with Gasteiger partial charge in [0.2, 0.25) is 5.88 Å². The highest BCUT2D eigenvalue weighted by Crippen LogP contribution is 2.22. The van der Waals surface area contributed by atoms with Crippen LogP contribution in [0, 0.1) is 11.7 Å². The molecule has 160 valence electrons. The molecule has 3 aromatic rings. The Bertz CT molecular complexity index is 992. The number of likely N-dealkylation sites (tertiary alicyclic amines) is 1. The van der Waals surface area contributed by atoms with E-state index in [2.05, 4.69) is 23.2 Å². The first kappa shape index (κ1) is 21.0. The van der Waals surface area contributed by atoms with Crippen LogP contribution in [0.2, 0.25) is 0 Å². The molecular formula is C26H27FN2O2. The zero-order chi connectivity index (χ0) is 21.5. The summed E-state index contributed by atoms with van der Waals surface area (Å²) in [5.41, 5.74) is 3.15. The summed E-state index contributed by atoms with van der Waals surface area (Å²) in [6.07, 6.45) is 4.84. The molecule has 0 N–H and O–H groups in total. The number of aromatic nitrogens is 1. The highest BCUT2D eigenvalue weighted by molar-refractivity contribution is 5.95. The van der Waals surface area contributed by atoms with Crippen LogP contribution in [0.3, 0.4) is 0 Å². The molecule has 0 saturated carbocycles. The summed E-state index contributed by atoms with van der Waals surface area (Å²) in [6, 6.07) is 21.1. The molecule has 4 nitrogen and oxygen atoms in total. The van der Waals surface area contributed by atoms with Crippen LogP contribution in [-0.4, -0.2) is 35.5 Å². The van der Waals surface area contributed by atoms with Crippen molar-refractivity contribution in [2.24, 2.45) is 5.92 Å². The second-order valence-electron chi connectivity index (χ2n) is 8.03. The third-order valence-corrected chi connectivity index (χ3v) is 5.75. The molecule has 1 unspecified atom stereocenters. The molecule has 1 atom stereocenters. The summed E-state index contributed by atoms with van der Waals surface area (Å²) < 4.78 is 18.7. The van der Waals surface area contributed by atoms with Crippen molar-refractivity contribution in [3.8, 4) is 5.88 Å². The van der Waals surface area contributed by atoms with Gasteiger partial charge in [-0.2, -0.15) is 0 Å². The lowest BCUT2D eigenvalue weighted by molar-refractivity contribution is 0.0630. The maximum Gasteiger partial charge on any atom is 0.254 e. The highest BCUT2D eigenvalue weighted by Gasteiger charge is 2.26. The average molecular weight is 419 g/mol. The maximum absolute atomic E-state index is 13.3. The summed E-state index contributed by atoms with van der Waals surface area (Å²) in [5.74, 6) is 0.359. The van der Waals surface area contributed by atoms with E-state index in [-0.39, 0.29) is 17.6 Å². The van der Waals surface area contributed by atoms with E-state index in [0.717, 1.165) is 49.6 Å². The lowest BCUT2D eigenvalue weighted by atomic mass is 9.96. The Morgan fingerprint density at radius 3 is 2.65 bits per heavy atom. The Labute approximate surface area is 182 Å². The van der Waals surface area contributed by atoms with Crippen LogP contribution >= 0.6 is 0 Å². The molecule has 0 bridgehead atoms. The Hall–Kier alpha value is -3.21. The van der Waals surface area contributed by atoms with Gasteiger partial charge in [0, 0.05) is 30.6 Å². The minimum Gasteiger partial charge on any atom is -0.477 e. The topological polar surface area (TPSA) is 42.4 Å². The normalized spacial score (nSPS) is 16.2. The first-order valence-electron chi connectivity index (χ1n) is 10.8. The van der Waals surface area contributed by atoms with Gasteiger partial charge in [0.1, 0.15) is 5.82 Å². The zero-order valence-electron chi connectivity index (χ0n) is 17.5. The number of benzene rings is 2. The van der Waals surface area contributed by atoms with Crippen LogP contribution in [0.4, 0.5) is 4.39 Å². The molecule has 4 rings (SSSR count). The number of halogens is 1. The van der Waals surface area contributed by atoms with Gasteiger partial charge in [0.05, 0.1) is 12.8 Å². The van der Waals surface area contributed by atoms with E-state index < -0.39 is 0 Å². The number of nitrogens with zero attached hydrogens (tertiary/aromatic N) is 2. The van der Waals surface area contributed by atoms with Crippen molar-refractivity contribution in [2.75, 3.05) is 19.7 Å². The summed E-state index contributed by atoms with van der Waals surface area (Å²) in [5, 5.41) is 0. The molecule has 0 spiro atoms. The summed E-state index contributed by atoms with van der Waals surface area (Å²) in [4.78, 5) is 19.2. The SMILES string of the molecule is O=C(c1ccccc1CCc1ccccc1)N1CCCC(COc2ccc(F)cn2)C1. The van der Waals surface area contributed by atoms with Crippen LogP contribution in [0.5, 0.6) is 5.88 Å². The molecule has 0 radical (unpaired) electrons. The number of carbonyl (C=O) groups excluding carboxylic acids is 1. The van der Waals surface area contributed by atoms with Crippen molar-refractivity contribution >= 4 is 5.91 Å². The van der Waals surface area contributed by atoms with Crippen LogP contribution in [-0.2, 0) is 12.8 Å². The van der Waals surface area contributed by atoms with E-state index in [1.54, 1.807) is 0 Å². The fraction of sp³-hybridized carbons (Fsp3) is 0.308. The van der Waals surface area contributed by atoms with Crippen LogP contribution in [0.1, 0.15) is 34.3 Å². The quantitative estimate of drug-likeness (QED) is 0.546. The Morgan fingerprint density at radius 2 is 1.84 bits per heavy atom. The van der Waals surface area contributed by atoms with Crippen molar-refractivity contribution in [3.63, 3.8) is 0 Å². The summed E-state index contributed by atoms with van der Waals surface area (Å²) in [7, 11) is 0. The predicted molar refractivity (Wildman–Crippen MR) is 119 cm³/mol. The molecule has 31 heavy (non-hydrogen) atoms. The second-order valence-corrected chi connectivity index (χ2v) is 8.03. The largest absolute Gasteiger partial charge is 0.477 e. The first-order chi connectivity index (χ1) is 15.2. The van der Waals surface area contributed by atoms with Gasteiger partial charge >= 0.3 is 0 Å². The average Bonchev–Trinajstić information content (AvgIpc) is 2.83. The number of hydrogen-bond donors (Lipinski definition) is 0. The number of rotatable bonds is 7. The smallest absolute Gasteiger partial charge is 0.254 e. The Balaban J connectivity index is 1.37. The number of aryl methyl sites for hydroxylation is 2. The fourth-order valence-corrected chi connectivity index (χ4v) is 4.08. The number of pyridine rings is 1. The van der Waals surface area contributed by atoms with Crippen LogP contribution in [0.15, 0.2) is 72.9 Å². The maximum atomic E-state index is 13.3. The summed E-state index contributed by atoms with van der Waals surface area (Å²) >= 11 is 0. The first-order valence-corrected chi connectivity index (χ1v) is 10.8. The minimum absolute atomic E-state index is 0.0910. The zero-order valence-corrected chi connectivity index (χ0v) is 17.5. The van der Waals surface area contributed by atoms with Crippen LogP contribution < -0.4 is 4.74 Å². The molecule has 2 heterocycles. The van der Waals surface area contributed by atoms with Gasteiger partial charge in [-0.3, -0.25) is 4.79 Å². The van der Waals surface area contributed by atoms with Gasteiger partial charge in [-0.25, -0.2) is 9.37 Å². The molecule has 1 aromatic heterocycles. The molecule has 1 amide bonds. The number of piperidine rings is 1. The molecule has 1 fully saturated rings. The Kier molecular flexibility index (Phi) is 6.92. The molecule has 5 heteroatoms. The lowest BCUT2D eigenvalue weighted by Crippen LogP contribution is -2.42. The molecule has 1 saturated heterocycles.